The molecule has 3 aromatic rings. The Morgan fingerprint density at radius 1 is 1.15 bits per heavy atom. The number of halogens is 4. The van der Waals surface area contributed by atoms with Crippen LogP contribution in [-0.4, -0.2) is 46.1 Å². The number of carboxylic acid groups (broad SMARTS) is 1. The van der Waals surface area contributed by atoms with Gasteiger partial charge in [-0.1, -0.05) is 36.4 Å². The van der Waals surface area contributed by atoms with Crippen LogP contribution in [0, 0.1) is 5.82 Å². The van der Waals surface area contributed by atoms with Crippen LogP contribution in [0.5, 0.6) is 0 Å². The van der Waals surface area contributed by atoms with Crippen molar-refractivity contribution in [2.75, 3.05) is 13.2 Å². The molecular formula is C23H21F4N3O4. The number of nitrogens with zero attached hydrogens (tertiary/aromatic N) is 2. The molecule has 1 atom stereocenters. The highest BCUT2D eigenvalue weighted by atomic mass is 19.4. The number of fused-ring (bicyclic) bond motifs is 1. The number of alkyl halides is 3. The Morgan fingerprint density at radius 2 is 1.85 bits per heavy atom. The minimum atomic E-state index is -5.08. The molecule has 2 aromatic carbocycles. The van der Waals surface area contributed by atoms with Crippen molar-refractivity contribution in [1.29, 1.82) is 0 Å². The van der Waals surface area contributed by atoms with Crippen LogP contribution in [0.1, 0.15) is 33.3 Å². The van der Waals surface area contributed by atoms with Crippen LogP contribution >= 0.6 is 0 Å². The second-order valence-corrected chi connectivity index (χ2v) is 7.36. The summed E-state index contributed by atoms with van der Waals surface area (Å²) in [5.74, 6) is -3.51. The fourth-order valence-corrected chi connectivity index (χ4v) is 3.26. The van der Waals surface area contributed by atoms with Crippen molar-refractivity contribution < 1.29 is 37.0 Å². The number of carboxylic acids is 1. The number of aromatic nitrogens is 2. The van der Waals surface area contributed by atoms with E-state index in [4.69, 9.17) is 14.6 Å². The van der Waals surface area contributed by atoms with E-state index in [2.05, 4.69) is 22.5 Å². The maximum Gasteiger partial charge on any atom is 0.490 e. The monoisotopic (exact) mass is 479 g/mol. The predicted molar refractivity (Wildman–Crippen MR) is 113 cm³/mol. The molecule has 1 aromatic heterocycles. The molecule has 0 saturated carbocycles. The van der Waals surface area contributed by atoms with Crippen LogP contribution in [0.4, 0.5) is 17.6 Å². The summed E-state index contributed by atoms with van der Waals surface area (Å²) in [6.07, 6.45) is -2.53. The minimum absolute atomic E-state index is 0.292. The van der Waals surface area contributed by atoms with Crippen LogP contribution in [0.2, 0.25) is 0 Å². The number of ether oxygens (including phenoxy) is 1. The molecule has 1 aliphatic heterocycles. The number of aliphatic carboxylic acids is 1. The quantitative estimate of drug-likeness (QED) is 0.544. The van der Waals surface area contributed by atoms with Crippen molar-refractivity contribution in [3.63, 3.8) is 0 Å². The first-order chi connectivity index (χ1) is 16.1. The van der Waals surface area contributed by atoms with Gasteiger partial charge >= 0.3 is 12.1 Å². The van der Waals surface area contributed by atoms with Crippen LogP contribution < -0.4 is 5.32 Å². The highest BCUT2D eigenvalue weighted by Gasteiger charge is 2.38. The fourth-order valence-electron chi connectivity index (χ4n) is 3.26. The zero-order valence-electron chi connectivity index (χ0n) is 17.8. The molecular weight excluding hydrogens is 458 g/mol. The van der Waals surface area contributed by atoms with Gasteiger partial charge in [0.05, 0.1) is 18.8 Å². The van der Waals surface area contributed by atoms with Crippen LogP contribution in [0.15, 0.2) is 60.8 Å². The van der Waals surface area contributed by atoms with Gasteiger partial charge in [0.2, 0.25) is 0 Å². The Morgan fingerprint density at radius 3 is 2.50 bits per heavy atom. The molecule has 2 heterocycles. The summed E-state index contributed by atoms with van der Waals surface area (Å²) < 4.78 is 52.7. The zero-order valence-corrected chi connectivity index (χ0v) is 17.8. The molecule has 1 aliphatic rings. The van der Waals surface area contributed by atoms with Gasteiger partial charge in [0.15, 0.2) is 0 Å². The number of hydrogen-bond donors (Lipinski definition) is 2. The number of nitrogens with one attached hydrogen (secondary N) is 1. The highest BCUT2D eigenvalue weighted by molar-refractivity contribution is 5.94. The van der Waals surface area contributed by atoms with E-state index in [0.717, 1.165) is 17.7 Å². The first-order valence-corrected chi connectivity index (χ1v) is 10.2. The maximum absolute atomic E-state index is 13.3. The van der Waals surface area contributed by atoms with Gasteiger partial charge in [-0.3, -0.25) is 9.48 Å². The van der Waals surface area contributed by atoms with E-state index in [1.807, 2.05) is 29.1 Å². The Kier molecular flexibility index (Phi) is 8.00. The van der Waals surface area contributed by atoms with Crippen LogP contribution in [0.3, 0.4) is 0 Å². The van der Waals surface area contributed by atoms with E-state index >= 15 is 0 Å². The molecule has 0 bridgehead atoms. The Labute approximate surface area is 192 Å². The van der Waals surface area contributed by atoms with Gasteiger partial charge in [-0.25, -0.2) is 9.18 Å². The largest absolute Gasteiger partial charge is 0.490 e. The SMILES string of the molecule is O=C(NCC1OCCc2cn(Cc3ccccc3)nc21)c1cccc(F)c1.O=C(O)C(F)(F)F. The van der Waals surface area contributed by atoms with E-state index < -0.39 is 18.0 Å². The molecule has 1 unspecified atom stereocenters. The molecule has 0 aliphatic carbocycles. The molecule has 34 heavy (non-hydrogen) atoms. The zero-order chi connectivity index (χ0) is 24.7. The van der Waals surface area contributed by atoms with Crippen molar-refractivity contribution in [2.24, 2.45) is 0 Å². The first-order valence-electron chi connectivity index (χ1n) is 10.2. The summed E-state index contributed by atoms with van der Waals surface area (Å²) in [5, 5.41) is 14.6. The van der Waals surface area contributed by atoms with Crippen molar-refractivity contribution in [1.82, 2.24) is 15.1 Å². The van der Waals surface area contributed by atoms with Gasteiger partial charge in [-0.05, 0) is 35.7 Å². The van der Waals surface area contributed by atoms with Gasteiger partial charge < -0.3 is 15.2 Å². The molecule has 7 nitrogen and oxygen atoms in total. The van der Waals surface area contributed by atoms with E-state index in [1.165, 1.54) is 23.8 Å². The molecule has 0 radical (unpaired) electrons. The average molecular weight is 479 g/mol. The maximum atomic E-state index is 13.3. The lowest BCUT2D eigenvalue weighted by atomic mass is 10.1. The van der Waals surface area contributed by atoms with Gasteiger partial charge in [0.1, 0.15) is 11.9 Å². The Balaban J connectivity index is 0.000000406. The molecule has 2 N–H and O–H groups in total. The third-order valence-corrected chi connectivity index (χ3v) is 4.83. The van der Waals surface area contributed by atoms with Crippen molar-refractivity contribution in [3.05, 3.63) is 89.0 Å². The lowest BCUT2D eigenvalue weighted by molar-refractivity contribution is -0.192. The molecule has 4 rings (SSSR count). The highest BCUT2D eigenvalue weighted by Crippen LogP contribution is 2.25. The second-order valence-electron chi connectivity index (χ2n) is 7.36. The molecule has 1 amide bonds. The van der Waals surface area contributed by atoms with Crippen molar-refractivity contribution in [2.45, 2.75) is 25.2 Å². The summed E-state index contributed by atoms with van der Waals surface area (Å²) in [4.78, 5) is 21.1. The van der Waals surface area contributed by atoms with Crippen molar-refractivity contribution >= 4 is 11.9 Å². The van der Waals surface area contributed by atoms with E-state index in [9.17, 15) is 22.4 Å². The predicted octanol–water partition coefficient (Wildman–Crippen LogP) is 3.75. The summed E-state index contributed by atoms with van der Waals surface area (Å²) >= 11 is 0. The number of carbonyl (C=O) groups excluding carboxylic acids is 1. The standard InChI is InChI=1S/C21H20FN3O2.C2HF3O2/c22-18-8-4-7-16(11-18)21(26)23-12-19-20-17(9-10-27-19)14-25(24-20)13-15-5-2-1-3-6-15;3-2(4,5)1(6)7/h1-8,11,14,19H,9-10,12-13H2,(H,23,26);(H,6,7). The molecule has 11 heteroatoms. The number of rotatable bonds is 5. The molecule has 180 valence electrons. The minimum Gasteiger partial charge on any atom is -0.475 e. The summed E-state index contributed by atoms with van der Waals surface area (Å²) in [7, 11) is 0. The van der Waals surface area contributed by atoms with Gasteiger partial charge in [-0.15, -0.1) is 0 Å². The second kappa shape index (κ2) is 10.9. The van der Waals surface area contributed by atoms with Gasteiger partial charge in [0.25, 0.3) is 5.91 Å². The smallest absolute Gasteiger partial charge is 0.475 e. The lowest BCUT2D eigenvalue weighted by Crippen LogP contribution is -2.32. The average Bonchev–Trinajstić information content (AvgIpc) is 3.21. The topological polar surface area (TPSA) is 93.5 Å². The van der Waals surface area contributed by atoms with Crippen LogP contribution in [0.25, 0.3) is 0 Å². The lowest BCUT2D eigenvalue weighted by Gasteiger charge is -2.22. The molecule has 0 saturated heterocycles. The number of carbonyl (C=O) groups is 2. The summed E-state index contributed by atoms with van der Waals surface area (Å²) in [6.45, 7) is 1.57. The molecule has 0 fully saturated rings. The van der Waals surface area contributed by atoms with Crippen LogP contribution in [-0.2, 0) is 22.5 Å². The Bertz CT molecular complexity index is 1130. The fraction of sp³-hybridized carbons (Fsp3) is 0.261. The van der Waals surface area contributed by atoms with Crippen molar-refractivity contribution in [3.8, 4) is 0 Å². The third kappa shape index (κ3) is 6.88. The first kappa shape index (κ1) is 24.9. The van der Waals surface area contributed by atoms with Gasteiger partial charge in [0, 0.05) is 18.3 Å². The normalized spacial score (nSPS) is 15.0. The number of amides is 1. The van der Waals surface area contributed by atoms with E-state index in [1.54, 1.807) is 6.07 Å². The number of hydrogen-bond acceptors (Lipinski definition) is 4. The van der Waals surface area contributed by atoms with E-state index in [0.29, 0.717) is 25.3 Å². The number of benzene rings is 2. The van der Waals surface area contributed by atoms with Gasteiger partial charge in [-0.2, -0.15) is 18.3 Å². The van der Waals surface area contributed by atoms with E-state index in [-0.39, 0.29) is 12.0 Å². The molecule has 0 spiro atoms. The summed E-state index contributed by atoms with van der Waals surface area (Å²) in [5.41, 5.74) is 3.47. The third-order valence-electron chi connectivity index (χ3n) is 4.83. The Hall–Kier alpha value is -3.73. The summed E-state index contributed by atoms with van der Waals surface area (Å²) in [6, 6.07) is 15.8.